The third kappa shape index (κ3) is 4.38. The van der Waals surface area contributed by atoms with E-state index >= 15 is 0 Å². The minimum atomic E-state index is 0.105. The van der Waals surface area contributed by atoms with Crippen molar-refractivity contribution in [2.45, 2.75) is 32.7 Å². The summed E-state index contributed by atoms with van der Waals surface area (Å²) in [5.41, 5.74) is 4.17. The molecule has 0 aromatic carbocycles. The third-order valence-corrected chi connectivity index (χ3v) is 5.86. The fraction of sp³-hybridized carbons (Fsp3) is 0.500. The first-order valence-electron chi connectivity index (χ1n) is 7.35. The van der Waals surface area contributed by atoms with Gasteiger partial charge < -0.3 is 10.2 Å². The van der Waals surface area contributed by atoms with Gasteiger partial charge in [0.25, 0.3) is 0 Å². The summed E-state index contributed by atoms with van der Waals surface area (Å²) in [6.45, 7) is 4.76. The van der Waals surface area contributed by atoms with Gasteiger partial charge in [-0.25, -0.2) is 4.98 Å². The van der Waals surface area contributed by atoms with Crippen molar-refractivity contribution in [3.63, 3.8) is 0 Å². The lowest BCUT2D eigenvalue weighted by Crippen LogP contribution is -2.34. The molecule has 1 amide bonds. The first-order valence-corrected chi connectivity index (χ1v) is 9.11. The molecule has 6 heteroatoms. The fourth-order valence-electron chi connectivity index (χ4n) is 2.33. The number of likely N-dealkylation sites (N-methyl/N-ethyl adjacent to an activating group) is 1. The zero-order valence-electron chi connectivity index (χ0n) is 13.5. The van der Waals surface area contributed by atoms with Crippen LogP contribution in [0.15, 0.2) is 17.0 Å². The summed E-state index contributed by atoms with van der Waals surface area (Å²) in [5, 5.41) is 5.18. The van der Waals surface area contributed by atoms with Crippen molar-refractivity contribution in [3.05, 3.63) is 38.0 Å². The van der Waals surface area contributed by atoms with Crippen molar-refractivity contribution < 1.29 is 4.79 Å². The topological polar surface area (TPSA) is 45.2 Å². The van der Waals surface area contributed by atoms with Crippen LogP contribution >= 0.6 is 22.7 Å². The Balaban J connectivity index is 1.86. The Hall–Kier alpha value is -1.24. The molecule has 2 rings (SSSR count). The lowest BCUT2D eigenvalue weighted by Gasteiger charge is -2.24. The molecule has 0 saturated heterocycles. The van der Waals surface area contributed by atoms with E-state index in [2.05, 4.69) is 47.7 Å². The molecule has 22 heavy (non-hydrogen) atoms. The number of carbonyl (C=O) groups excluding carboxylic acids is 1. The number of carbonyl (C=O) groups is 1. The van der Waals surface area contributed by atoms with Gasteiger partial charge in [-0.05, 0) is 51.4 Å². The minimum absolute atomic E-state index is 0.105. The summed E-state index contributed by atoms with van der Waals surface area (Å²) in [5.74, 6) is 0.105. The number of hydrogen-bond donors (Lipinski definition) is 1. The van der Waals surface area contributed by atoms with E-state index in [1.807, 2.05) is 12.4 Å². The first kappa shape index (κ1) is 17.1. The van der Waals surface area contributed by atoms with Crippen molar-refractivity contribution in [1.29, 1.82) is 0 Å². The van der Waals surface area contributed by atoms with E-state index in [0.29, 0.717) is 13.0 Å². The molecule has 0 bridgehead atoms. The van der Waals surface area contributed by atoms with Crippen LogP contribution in [0, 0.1) is 13.8 Å². The molecule has 0 aliphatic heterocycles. The zero-order chi connectivity index (χ0) is 16.1. The Kier molecular flexibility index (Phi) is 6.11. The molecule has 0 radical (unpaired) electrons. The molecule has 0 aliphatic rings. The highest BCUT2D eigenvalue weighted by molar-refractivity contribution is 7.10. The predicted molar refractivity (Wildman–Crippen MR) is 93.7 cm³/mol. The number of aryl methyl sites for hydroxylation is 3. The van der Waals surface area contributed by atoms with Gasteiger partial charge in [-0.2, -0.15) is 0 Å². The molecule has 0 fully saturated rings. The molecule has 4 nitrogen and oxygen atoms in total. The molecule has 0 unspecified atom stereocenters. The fourth-order valence-corrected chi connectivity index (χ4v) is 4.23. The molecule has 0 saturated carbocycles. The van der Waals surface area contributed by atoms with Crippen molar-refractivity contribution in [3.8, 4) is 0 Å². The quantitative estimate of drug-likeness (QED) is 0.844. The van der Waals surface area contributed by atoms with Crippen LogP contribution in [0.1, 0.15) is 33.5 Å². The molecule has 2 heterocycles. The van der Waals surface area contributed by atoms with E-state index in [1.165, 1.54) is 15.3 Å². The SMILES string of the molecule is Cc1ccsc1[C@@H](CNC(=O)CCc1scnc1C)N(C)C. The van der Waals surface area contributed by atoms with Crippen molar-refractivity contribution in [1.82, 2.24) is 15.2 Å². The second-order valence-electron chi connectivity index (χ2n) is 5.61. The van der Waals surface area contributed by atoms with Crippen LogP contribution < -0.4 is 5.32 Å². The molecular weight excluding hydrogens is 314 g/mol. The Bertz CT molecular complexity index is 618. The number of hydrogen-bond acceptors (Lipinski definition) is 5. The smallest absolute Gasteiger partial charge is 0.220 e. The normalized spacial score (nSPS) is 12.6. The van der Waals surface area contributed by atoms with Crippen LogP contribution in [-0.4, -0.2) is 36.4 Å². The highest BCUT2D eigenvalue weighted by atomic mass is 32.1. The molecular formula is C16H23N3OS2. The molecule has 1 atom stereocenters. The second kappa shape index (κ2) is 7.85. The van der Waals surface area contributed by atoms with Crippen LogP contribution in [0.3, 0.4) is 0 Å². The average molecular weight is 338 g/mol. The minimum Gasteiger partial charge on any atom is -0.354 e. The number of amides is 1. The monoisotopic (exact) mass is 337 g/mol. The van der Waals surface area contributed by atoms with Crippen molar-refractivity contribution in [2.75, 3.05) is 20.6 Å². The van der Waals surface area contributed by atoms with Crippen LogP contribution in [0.4, 0.5) is 0 Å². The van der Waals surface area contributed by atoms with Gasteiger partial charge in [0.05, 0.1) is 17.2 Å². The summed E-state index contributed by atoms with van der Waals surface area (Å²) in [4.78, 5) is 21.0. The predicted octanol–water partition coefficient (Wildman–Crippen LogP) is 3.17. The van der Waals surface area contributed by atoms with Gasteiger partial charge in [0.2, 0.25) is 5.91 Å². The van der Waals surface area contributed by atoms with E-state index in [4.69, 9.17) is 0 Å². The highest BCUT2D eigenvalue weighted by Gasteiger charge is 2.18. The second-order valence-corrected chi connectivity index (χ2v) is 7.50. The number of nitrogens with one attached hydrogen (secondary N) is 1. The van der Waals surface area contributed by atoms with E-state index in [9.17, 15) is 4.79 Å². The lowest BCUT2D eigenvalue weighted by molar-refractivity contribution is -0.121. The standard InChI is InChI=1S/C16H23N3OS2/c1-11-7-8-21-16(11)13(19(3)4)9-17-15(20)6-5-14-12(2)18-10-22-14/h7-8,10,13H,5-6,9H2,1-4H3,(H,17,20)/t13-/m1/s1. The number of thiazole rings is 1. The average Bonchev–Trinajstić information content (AvgIpc) is 3.06. The van der Waals surface area contributed by atoms with E-state index < -0.39 is 0 Å². The molecule has 1 N–H and O–H groups in total. The largest absolute Gasteiger partial charge is 0.354 e. The maximum Gasteiger partial charge on any atom is 0.220 e. The third-order valence-electron chi connectivity index (χ3n) is 3.74. The molecule has 2 aromatic rings. The van der Waals surface area contributed by atoms with Gasteiger partial charge in [0.15, 0.2) is 0 Å². The van der Waals surface area contributed by atoms with E-state index in [1.54, 1.807) is 22.7 Å². The van der Waals surface area contributed by atoms with Crippen molar-refractivity contribution in [2.24, 2.45) is 0 Å². The van der Waals surface area contributed by atoms with Crippen LogP contribution in [0.2, 0.25) is 0 Å². The lowest BCUT2D eigenvalue weighted by atomic mass is 10.1. The van der Waals surface area contributed by atoms with Crippen LogP contribution in [0.5, 0.6) is 0 Å². The number of thiophene rings is 1. The van der Waals surface area contributed by atoms with Gasteiger partial charge >= 0.3 is 0 Å². The Morgan fingerprint density at radius 2 is 2.14 bits per heavy atom. The highest BCUT2D eigenvalue weighted by Crippen LogP contribution is 2.26. The Morgan fingerprint density at radius 1 is 1.36 bits per heavy atom. The van der Waals surface area contributed by atoms with Gasteiger partial charge in [-0.3, -0.25) is 4.79 Å². The summed E-state index contributed by atoms with van der Waals surface area (Å²) < 4.78 is 0. The van der Waals surface area contributed by atoms with Gasteiger partial charge in [0, 0.05) is 22.7 Å². The molecule has 0 spiro atoms. The maximum absolute atomic E-state index is 12.1. The summed E-state index contributed by atoms with van der Waals surface area (Å²) in [7, 11) is 4.10. The summed E-state index contributed by atoms with van der Waals surface area (Å²) in [6, 6.07) is 2.36. The van der Waals surface area contributed by atoms with E-state index in [0.717, 1.165) is 12.1 Å². The number of rotatable bonds is 7. The van der Waals surface area contributed by atoms with Gasteiger partial charge in [-0.1, -0.05) is 0 Å². The summed E-state index contributed by atoms with van der Waals surface area (Å²) in [6.07, 6.45) is 1.29. The van der Waals surface area contributed by atoms with Crippen molar-refractivity contribution >= 4 is 28.6 Å². The van der Waals surface area contributed by atoms with Gasteiger partial charge in [-0.15, -0.1) is 22.7 Å². The molecule has 0 aliphatic carbocycles. The first-order chi connectivity index (χ1) is 10.5. The maximum atomic E-state index is 12.1. The number of nitrogens with zero attached hydrogens (tertiary/aromatic N) is 2. The summed E-state index contributed by atoms with van der Waals surface area (Å²) >= 11 is 3.37. The van der Waals surface area contributed by atoms with Crippen LogP contribution in [-0.2, 0) is 11.2 Å². The van der Waals surface area contributed by atoms with Crippen LogP contribution in [0.25, 0.3) is 0 Å². The Morgan fingerprint density at radius 3 is 2.68 bits per heavy atom. The Labute approximate surface area is 140 Å². The molecule has 2 aromatic heterocycles. The van der Waals surface area contributed by atoms with Gasteiger partial charge in [0.1, 0.15) is 0 Å². The number of aromatic nitrogens is 1. The van der Waals surface area contributed by atoms with E-state index in [-0.39, 0.29) is 11.9 Å². The zero-order valence-corrected chi connectivity index (χ0v) is 15.2. The molecule has 120 valence electrons.